The number of nitrogens with zero attached hydrogens (tertiary/aromatic N) is 3. The number of likely N-dealkylation sites (N-methyl/N-ethyl adjacent to an activating group) is 2. The van der Waals surface area contributed by atoms with Crippen LogP contribution < -0.4 is 5.32 Å². The van der Waals surface area contributed by atoms with Gasteiger partial charge in [-0.25, -0.2) is 0 Å². The van der Waals surface area contributed by atoms with Gasteiger partial charge in [-0.1, -0.05) is 24.3 Å². The van der Waals surface area contributed by atoms with Crippen molar-refractivity contribution in [3.63, 3.8) is 0 Å². The van der Waals surface area contributed by atoms with E-state index in [-0.39, 0.29) is 0 Å². The van der Waals surface area contributed by atoms with Crippen molar-refractivity contribution in [1.82, 2.24) is 20.1 Å². The van der Waals surface area contributed by atoms with Crippen LogP contribution in [0.2, 0.25) is 0 Å². The maximum Gasteiger partial charge on any atom is 0.0705 e. The first kappa shape index (κ1) is 14.4. The van der Waals surface area contributed by atoms with Crippen LogP contribution in [0.5, 0.6) is 0 Å². The molecule has 0 radical (unpaired) electrons. The maximum atomic E-state index is 4.71. The van der Waals surface area contributed by atoms with Crippen molar-refractivity contribution >= 4 is 10.9 Å². The molecule has 1 aliphatic rings. The van der Waals surface area contributed by atoms with Gasteiger partial charge in [-0.15, -0.1) is 0 Å². The lowest BCUT2D eigenvalue weighted by molar-refractivity contribution is 0.113. The van der Waals surface area contributed by atoms with Crippen LogP contribution >= 0.6 is 0 Å². The third kappa shape index (κ3) is 3.59. The normalized spacial score (nSPS) is 21.0. The van der Waals surface area contributed by atoms with Gasteiger partial charge in [0.2, 0.25) is 0 Å². The SMILES string of the molecule is CN1CCN(C)C(CNCc2ccc3ccccc3n2)C1. The Morgan fingerprint density at radius 1 is 1.14 bits per heavy atom. The lowest BCUT2D eigenvalue weighted by Crippen LogP contribution is -2.53. The summed E-state index contributed by atoms with van der Waals surface area (Å²) in [7, 11) is 4.42. The van der Waals surface area contributed by atoms with Gasteiger partial charge in [0, 0.05) is 44.2 Å². The van der Waals surface area contributed by atoms with Crippen molar-refractivity contribution < 1.29 is 0 Å². The number of piperazine rings is 1. The van der Waals surface area contributed by atoms with Crippen LogP contribution in [0.15, 0.2) is 36.4 Å². The molecule has 3 rings (SSSR count). The molecular weight excluding hydrogens is 260 g/mol. The Balaban J connectivity index is 1.56. The zero-order chi connectivity index (χ0) is 14.7. The molecule has 1 saturated heterocycles. The summed E-state index contributed by atoms with van der Waals surface area (Å²) in [5.74, 6) is 0. The van der Waals surface area contributed by atoms with E-state index in [4.69, 9.17) is 4.98 Å². The van der Waals surface area contributed by atoms with E-state index in [2.05, 4.69) is 59.5 Å². The van der Waals surface area contributed by atoms with Gasteiger partial charge in [0.05, 0.1) is 11.2 Å². The molecule has 0 saturated carbocycles. The van der Waals surface area contributed by atoms with Crippen molar-refractivity contribution in [1.29, 1.82) is 0 Å². The number of rotatable bonds is 4. The number of hydrogen-bond acceptors (Lipinski definition) is 4. The first-order chi connectivity index (χ1) is 10.2. The summed E-state index contributed by atoms with van der Waals surface area (Å²) in [6.45, 7) is 5.29. The van der Waals surface area contributed by atoms with Crippen LogP contribution in [0.1, 0.15) is 5.69 Å². The predicted octanol–water partition coefficient (Wildman–Crippen LogP) is 1.57. The molecule has 21 heavy (non-hydrogen) atoms. The number of aromatic nitrogens is 1. The second-order valence-corrected chi connectivity index (χ2v) is 6.02. The lowest BCUT2D eigenvalue weighted by Gasteiger charge is -2.37. The number of fused-ring (bicyclic) bond motifs is 1. The van der Waals surface area contributed by atoms with Crippen LogP contribution in [-0.4, -0.2) is 61.1 Å². The molecule has 1 N–H and O–H groups in total. The average Bonchev–Trinajstić information content (AvgIpc) is 2.50. The van der Waals surface area contributed by atoms with Gasteiger partial charge in [-0.2, -0.15) is 0 Å². The molecule has 0 amide bonds. The molecular formula is C17H24N4. The minimum absolute atomic E-state index is 0.587. The van der Waals surface area contributed by atoms with Gasteiger partial charge in [0.1, 0.15) is 0 Å². The molecule has 2 aromatic rings. The van der Waals surface area contributed by atoms with E-state index in [1.807, 2.05) is 6.07 Å². The summed E-state index contributed by atoms with van der Waals surface area (Å²) in [4.78, 5) is 9.55. The third-order valence-corrected chi connectivity index (χ3v) is 4.32. The van der Waals surface area contributed by atoms with Gasteiger partial charge in [-0.3, -0.25) is 9.88 Å². The van der Waals surface area contributed by atoms with Crippen LogP contribution in [0.3, 0.4) is 0 Å². The number of benzene rings is 1. The number of nitrogens with one attached hydrogen (secondary N) is 1. The molecule has 2 heterocycles. The molecule has 1 fully saturated rings. The van der Waals surface area contributed by atoms with Crippen molar-refractivity contribution in [2.45, 2.75) is 12.6 Å². The van der Waals surface area contributed by atoms with E-state index in [1.54, 1.807) is 0 Å². The summed E-state index contributed by atoms with van der Waals surface area (Å²) >= 11 is 0. The topological polar surface area (TPSA) is 31.4 Å². The first-order valence-electron chi connectivity index (χ1n) is 7.66. The molecule has 1 atom stereocenters. The van der Waals surface area contributed by atoms with Gasteiger partial charge in [0.25, 0.3) is 0 Å². The lowest BCUT2D eigenvalue weighted by atomic mass is 10.2. The van der Waals surface area contributed by atoms with Crippen LogP contribution in [0, 0.1) is 0 Å². The van der Waals surface area contributed by atoms with E-state index < -0.39 is 0 Å². The Kier molecular flexibility index (Phi) is 4.48. The number of hydrogen-bond donors (Lipinski definition) is 1. The first-order valence-corrected chi connectivity index (χ1v) is 7.66. The highest BCUT2D eigenvalue weighted by atomic mass is 15.3. The van der Waals surface area contributed by atoms with E-state index >= 15 is 0 Å². The zero-order valence-electron chi connectivity index (χ0n) is 12.9. The van der Waals surface area contributed by atoms with Crippen molar-refractivity contribution in [2.75, 3.05) is 40.3 Å². The third-order valence-electron chi connectivity index (χ3n) is 4.32. The predicted molar refractivity (Wildman–Crippen MR) is 87.4 cm³/mol. The smallest absolute Gasteiger partial charge is 0.0705 e. The Bertz CT molecular complexity index is 598. The Morgan fingerprint density at radius 2 is 2.00 bits per heavy atom. The Hall–Kier alpha value is -1.49. The largest absolute Gasteiger partial charge is 0.310 e. The molecule has 1 aliphatic heterocycles. The van der Waals surface area contributed by atoms with Gasteiger partial charge >= 0.3 is 0 Å². The monoisotopic (exact) mass is 284 g/mol. The van der Waals surface area contributed by atoms with Crippen molar-refractivity contribution in [3.05, 3.63) is 42.1 Å². The molecule has 0 bridgehead atoms. The molecule has 1 aromatic heterocycles. The molecule has 1 aromatic carbocycles. The van der Waals surface area contributed by atoms with Crippen LogP contribution in [-0.2, 0) is 6.54 Å². The van der Waals surface area contributed by atoms with Gasteiger partial charge in [0.15, 0.2) is 0 Å². The molecule has 112 valence electrons. The minimum Gasteiger partial charge on any atom is -0.310 e. The van der Waals surface area contributed by atoms with Gasteiger partial charge < -0.3 is 10.2 Å². The summed E-state index contributed by atoms with van der Waals surface area (Å²) in [6.07, 6.45) is 0. The molecule has 0 spiro atoms. The minimum atomic E-state index is 0.587. The van der Waals surface area contributed by atoms with Crippen LogP contribution in [0.25, 0.3) is 10.9 Å². The fraction of sp³-hybridized carbons (Fsp3) is 0.471. The summed E-state index contributed by atoms with van der Waals surface area (Å²) in [5.41, 5.74) is 2.19. The van der Waals surface area contributed by atoms with E-state index in [1.165, 1.54) is 11.9 Å². The maximum absolute atomic E-state index is 4.71. The van der Waals surface area contributed by atoms with Crippen molar-refractivity contribution in [2.24, 2.45) is 0 Å². The summed E-state index contributed by atoms with van der Waals surface area (Å²) in [6, 6.07) is 13.1. The highest BCUT2D eigenvalue weighted by Gasteiger charge is 2.21. The standard InChI is InChI=1S/C17H24N4/c1-20-9-10-21(2)16(13-20)12-18-11-15-8-7-14-5-3-4-6-17(14)19-15/h3-8,16,18H,9-13H2,1-2H3. The number of pyridine rings is 1. The quantitative estimate of drug-likeness (QED) is 0.923. The summed E-state index contributed by atoms with van der Waals surface area (Å²) < 4.78 is 0. The van der Waals surface area contributed by atoms with Crippen LogP contribution in [0.4, 0.5) is 0 Å². The summed E-state index contributed by atoms with van der Waals surface area (Å²) in [5, 5.41) is 4.76. The second kappa shape index (κ2) is 6.52. The molecule has 1 unspecified atom stereocenters. The van der Waals surface area contributed by atoms with E-state index in [9.17, 15) is 0 Å². The van der Waals surface area contributed by atoms with Crippen molar-refractivity contribution in [3.8, 4) is 0 Å². The fourth-order valence-corrected chi connectivity index (χ4v) is 2.90. The highest BCUT2D eigenvalue weighted by Crippen LogP contribution is 2.11. The van der Waals surface area contributed by atoms with E-state index in [0.717, 1.165) is 37.4 Å². The molecule has 4 heteroatoms. The fourth-order valence-electron chi connectivity index (χ4n) is 2.90. The second-order valence-electron chi connectivity index (χ2n) is 6.02. The Labute approximate surface area is 126 Å². The Morgan fingerprint density at radius 3 is 2.90 bits per heavy atom. The van der Waals surface area contributed by atoms with E-state index in [0.29, 0.717) is 6.04 Å². The molecule has 0 aliphatic carbocycles. The highest BCUT2D eigenvalue weighted by molar-refractivity contribution is 5.78. The zero-order valence-corrected chi connectivity index (χ0v) is 12.9. The number of para-hydroxylation sites is 1. The van der Waals surface area contributed by atoms with Gasteiger partial charge in [-0.05, 0) is 26.2 Å². The average molecular weight is 284 g/mol. The molecule has 4 nitrogen and oxygen atoms in total.